The fourth-order valence-electron chi connectivity index (χ4n) is 1.64. The van der Waals surface area contributed by atoms with Crippen LogP contribution in [0.5, 0.6) is 5.75 Å². The molecule has 0 amide bonds. The fourth-order valence-corrected chi connectivity index (χ4v) is 1.85. The Bertz CT molecular complexity index is 388. The van der Waals surface area contributed by atoms with E-state index in [-0.39, 0.29) is 5.41 Å². The molecular weight excluding hydrogens is 215 g/mol. The lowest BCUT2D eigenvalue weighted by molar-refractivity contribution is 0.546. The summed E-state index contributed by atoms with van der Waals surface area (Å²) < 4.78 is 5.33. The standard InChI is InChI=1S/C14H21OP/c1-6-10(2)11-7-8-13(15-16)12(9-11)14(3,4)5/h7-9H,2,6,16H2,1,3-5H3. The Morgan fingerprint density at radius 1 is 1.38 bits per heavy atom. The molecule has 1 unspecified atom stereocenters. The Kier molecular flexibility index (Phi) is 4.15. The maximum absolute atomic E-state index is 5.33. The zero-order valence-corrected chi connectivity index (χ0v) is 11.8. The van der Waals surface area contributed by atoms with E-state index in [1.807, 2.05) is 6.07 Å². The highest BCUT2D eigenvalue weighted by Crippen LogP contribution is 2.34. The van der Waals surface area contributed by atoms with Crippen molar-refractivity contribution in [2.75, 3.05) is 0 Å². The second kappa shape index (κ2) is 5.01. The van der Waals surface area contributed by atoms with E-state index >= 15 is 0 Å². The third-order valence-corrected chi connectivity index (χ3v) is 3.00. The van der Waals surface area contributed by atoms with Crippen LogP contribution in [-0.4, -0.2) is 0 Å². The summed E-state index contributed by atoms with van der Waals surface area (Å²) in [6, 6.07) is 6.27. The van der Waals surface area contributed by atoms with Crippen molar-refractivity contribution in [3.63, 3.8) is 0 Å². The minimum absolute atomic E-state index is 0.0793. The maximum Gasteiger partial charge on any atom is 0.126 e. The quantitative estimate of drug-likeness (QED) is 0.698. The van der Waals surface area contributed by atoms with Crippen LogP contribution >= 0.6 is 9.47 Å². The Morgan fingerprint density at radius 2 is 2.00 bits per heavy atom. The van der Waals surface area contributed by atoms with E-state index in [1.165, 1.54) is 16.7 Å². The van der Waals surface area contributed by atoms with E-state index in [4.69, 9.17) is 4.52 Å². The van der Waals surface area contributed by atoms with Gasteiger partial charge in [-0.15, -0.1) is 0 Å². The summed E-state index contributed by atoms with van der Waals surface area (Å²) in [6.07, 6.45) is 0.977. The van der Waals surface area contributed by atoms with Crippen molar-refractivity contribution in [3.05, 3.63) is 35.9 Å². The largest absolute Gasteiger partial charge is 0.480 e. The van der Waals surface area contributed by atoms with Gasteiger partial charge in [0.15, 0.2) is 0 Å². The van der Waals surface area contributed by atoms with Crippen LogP contribution in [0.4, 0.5) is 0 Å². The first-order valence-electron chi connectivity index (χ1n) is 5.59. The highest BCUT2D eigenvalue weighted by atomic mass is 31.0. The van der Waals surface area contributed by atoms with Gasteiger partial charge in [-0.1, -0.05) is 40.3 Å². The van der Waals surface area contributed by atoms with E-state index < -0.39 is 0 Å². The van der Waals surface area contributed by atoms with Gasteiger partial charge in [0, 0.05) is 5.56 Å². The van der Waals surface area contributed by atoms with Crippen LogP contribution in [0.1, 0.15) is 45.2 Å². The van der Waals surface area contributed by atoms with Crippen molar-refractivity contribution in [2.45, 2.75) is 39.5 Å². The molecule has 0 aliphatic heterocycles. The van der Waals surface area contributed by atoms with Gasteiger partial charge in [0.1, 0.15) is 5.75 Å². The Labute approximate surface area is 101 Å². The molecule has 0 saturated heterocycles. The normalized spacial score (nSPS) is 11.3. The zero-order valence-electron chi connectivity index (χ0n) is 10.6. The van der Waals surface area contributed by atoms with Gasteiger partial charge in [-0.25, -0.2) is 0 Å². The van der Waals surface area contributed by atoms with Gasteiger partial charge >= 0.3 is 0 Å². The van der Waals surface area contributed by atoms with Crippen LogP contribution in [0, 0.1) is 0 Å². The summed E-state index contributed by atoms with van der Waals surface area (Å²) >= 11 is 0. The van der Waals surface area contributed by atoms with Crippen LogP contribution in [0.2, 0.25) is 0 Å². The van der Waals surface area contributed by atoms with Gasteiger partial charge in [0.25, 0.3) is 0 Å². The van der Waals surface area contributed by atoms with Gasteiger partial charge in [0.2, 0.25) is 0 Å². The Hall–Kier alpha value is -0.810. The second-order valence-electron chi connectivity index (χ2n) is 5.04. The first-order chi connectivity index (χ1) is 7.40. The smallest absolute Gasteiger partial charge is 0.126 e. The number of rotatable bonds is 3. The number of allylic oxidation sites excluding steroid dienone is 1. The summed E-state index contributed by atoms with van der Waals surface area (Å²) in [5, 5.41) is 0. The molecule has 88 valence electrons. The molecule has 0 spiro atoms. The lowest BCUT2D eigenvalue weighted by Crippen LogP contribution is -2.12. The third-order valence-electron chi connectivity index (χ3n) is 2.75. The summed E-state index contributed by atoms with van der Waals surface area (Å²) in [5.41, 5.74) is 3.67. The van der Waals surface area contributed by atoms with Crippen LogP contribution in [0.15, 0.2) is 24.8 Å². The molecular formula is C14H21OP. The van der Waals surface area contributed by atoms with Crippen molar-refractivity contribution in [2.24, 2.45) is 0 Å². The molecule has 1 aromatic carbocycles. The van der Waals surface area contributed by atoms with Gasteiger partial charge in [-0.2, -0.15) is 0 Å². The maximum atomic E-state index is 5.33. The van der Waals surface area contributed by atoms with Crippen molar-refractivity contribution < 1.29 is 4.52 Å². The summed E-state index contributed by atoms with van der Waals surface area (Å²) in [4.78, 5) is 0. The highest BCUT2D eigenvalue weighted by Gasteiger charge is 2.19. The minimum Gasteiger partial charge on any atom is -0.480 e. The lowest BCUT2D eigenvalue weighted by atomic mass is 9.84. The molecule has 2 heteroatoms. The van der Waals surface area contributed by atoms with Crippen LogP contribution in [0.25, 0.3) is 5.57 Å². The number of hydrogen-bond donors (Lipinski definition) is 0. The average Bonchev–Trinajstić information content (AvgIpc) is 2.26. The lowest BCUT2D eigenvalue weighted by Gasteiger charge is -2.23. The van der Waals surface area contributed by atoms with Crippen molar-refractivity contribution >= 4 is 15.0 Å². The van der Waals surface area contributed by atoms with E-state index in [1.54, 1.807) is 0 Å². The Balaban J connectivity index is 3.27. The van der Waals surface area contributed by atoms with E-state index in [0.29, 0.717) is 0 Å². The van der Waals surface area contributed by atoms with Gasteiger partial charge < -0.3 is 4.52 Å². The van der Waals surface area contributed by atoms with Crippen LogP contribution in [-0.2, 0) is 5.41 Å². The van der Waals surface area contributed by atoms with E-state index in [9.17, 15) is 0 Å². The molecule has 1 aromatic rings. The minimum atomic E-state index is 0.0793. The van der Waals surface area contributed by atoms with Crippen molar-refractivity contribution in [3.8, 4) is 5.75 Å². The van der Waals surface area contributed by atoms with Gasteiger partial charge in [-0.3, -0.25) is 0 Å². The SMILES string of the molecule is C=C(CC)c1ccc(OP)c(C(C)(C)C)c1. The molecule has 1 atom stereocenters. The summed E-state index contributed by atoms with van der Waals surface area (Å²) in [6.45, 7) is 12.8. The molecule has 0 heterocycles. The second-order valence-corrected chi connectivity index (χ2v) is 5.27. The molecule has 0 saturated carbocycles. The summed E-state index contributed by atoms with van der Waals surface area (Å²) in [5.74, 6) is 0.921. The van der Waals surface area contributed by atoms with Crippen molar-refractivity contribution in [1.82, 2.24) is 0 Å². The predicted molar refractivity (Wildman–Crippen MR) is 74.8 cm³/mol. The van der Waals surface area contributed by atoms with Crippen LogP contribution in [0.3, 0.4) is 0 Å². The number of hydrogen-bond acceptors (Lipinski definition) is 1. The van der Waals surface area contributed by atoms with E-state index in [0.717, 1.165) is 12.2 Å². The number of benzene rings is 1. The highest BCUT2D eigenvalue weighted by molar-refractivity contribution is 7.10. The first kappa shape index (κ1) is 13.3. The zero-order chi connectivity index (χ0) is 12.3. The molecule has 0 fully saturated rings. The topological polar surface area (TPSA) is 9.23 Å². The third kappa shape index (κ3) is 2.86. The van der Waals surface area contributed by atoms with E-state index in [2.05, 4.69) is 55.9 Å². The molecule has 0 aliphatic rings. The molecule has 0 bridgehead atoms. The van der Waals surface area contributed by atoms with Crippen molar-refractivity contribution in [1.29, 1.82) is 0 Å². The molecule has 0 aliphatic carbocycles. The predicted octanol–water partition coefficient (Wildman–Crippen LogP) is 4.58. The molecule has 16 heavy (non-hydrogen) atoms. The van der Waals surface area contributed by atoms with Gasteiger partial charge in [-0.05, 0) is 35.1 Å². The molecule has 1 nitrogen and oxygen atoms in total. The van der Waals surface area contributed by atoms with Gasteiger partial charge in [0.05, 0.1) is 9.47 Å². The average molecular weight is 236 g/mol. The monoisotopic (exact) mass is 236 g/mol. The Morgan fingerprint density at radius 3 is 2.44 bits per heavy atom. The fraction of sp³-hybridized carbons (Fsp3) is 0.429. The van der Waals surface area contributed by atoms with Crippen LogP contribution < -0.4 is 4.52 Å². The molecule has 0 radical (unpaired) electrons. The molecule has 0 aromatic heterocycles. The summed E-state index contributed by atoms with van der Waals surface area (Å²) in [7, 11) is 2.31. The molecule has 0 N–H and O–H groups in total. The molecule has 1 rings (SSSR count). The first-order valence-corrected chi connectivity index (χ1v) is 6.06.